The molecule has 3 aromatic rings. The van der Waals surface area contributed by atoms with Gasteiger partial charge in [0.25, 0.3) is 0 Å². The summed E-state index contributed by atoms with van der Waals surface area (Å²) in [6.45, 7) is 7.89. The molecule has 0 fully saturated rings. The summed E-state index contributed by atoms with van der Waals surface area (Å²) in [7, 11) is 0. The molecule has 0 aliphatic carbocycles. The van der Waals surface area contributed by atoms with Crippen molar-refractivity contribution in [3.8, 4) is 5.75 Å². The Bertz CT molecular complexity index is 1100. The molecular weight excluding hydrogens is 370 g/mol. The van der Waals surface area contributed by atoms with Crippen LogP contribution in [-0.2, 0) is 10.2 Å². The normalized spacial score (nSPS) is 14.8. The zero-order valence-corrected chi connectivity index (χ0v) is 18.2. The summed E-state index contributed by atoms with van der Waals surface area (Å²) in [4.78, 5) is 12.0. The molecule has 1 aliphatic heterocycles. The van der Waals surface area contributed by atoms with Crippen LogP contribution in [0.25, 0.3) is 10.8 Å². The fourth-order valence-corrected chi connectivity index (χ4v) is 4.52. The van der Waals surface area contributed by atoms with E-state index in [4.69, 9.17) is 4.74 Å². The highest BCUT2D eigenvalue weighted by atomic mass is 16.5. The van der Waals surface area contributed by atoms with E-state index in [1.54, 1.807) is 0 Å². The van der Waals surface area contributed by atoms with Crippen molar-refractivity contribution >= 4 is 28.1 Å². The molecule has 0 saturated carbocycles. The smallest absolute Gasteiger partial charge is 0.311 e. The average Bonchev–Trinajstić information content (AvgIpc) is 2.94. The zero-order valence-electron chi connectivity index (χ0n) is 18.2. The summed E-state index contributed by atoms with van der Waals surface area (Å²) in [5, 5.41) is 2.65. The van der Waals surface area contributed by atoms with Gasteiger partial charge in [-0.2, -0.15) is 4.58 Å². The molecule has 0 spiro atoms. The average molecular weight is 401 g/mol. The van der Waals surface area contributed by atoms with Crippen molar-refractivity contribution < 1.29 is 14.1 Å². The molecule has 154 valence electrons. The van der Waals surface area contributed by atoms with Crippen LogP contribution in [0, 0.1) is 0 Å². The lowest BCUT2D eigenvalue weighted by atomic mass is 9.80. The summed E-state index contributed by atoms with van der Waals surface area (Å²) in [6.07, 6.45) is 3.38. The van der Waals surface area contributed by atoms with Gasteiger partial charge in [-0.25, -0.2) is 0 Å². The maximum Gasteiger partial charge on any atom is 0.311 e. The Morgan fingerprint density at radius 2 is 1.63 bits per heavy atom. The number of ether oxygens (including phenoxy) is 1. The maximum absolute atomic E-state index is 12.0. The van der Waals surface area contributed by atoms with Crippen molar-refractivity contribution in [2.45, 2.75) is 51.9 Å². The van der Waals surface area contributed by atoms with Gasteiger partial charge in [0.1, 0.15) is 12.3 Å². The van der Waals surface area contributed by atoms with Crippen molar-refractivity contribution in [1.82, 2.24) is 0 Å². The van der Waals surface area contributed by atoms with Crippen molar-refractivity contribution in [1.29, 1.82) is 0 Å². The van der Waals surface area contributed by atoms with Gasteiger partial charge in [-0.3, -0.25) is 4.79 Å². The molecule has 3 heteroatoms. The Balaban J connectivity index is 1.37. The largest absolute Gasteiger partial charge is 0.427 e. The standard InChI is InChI=1S/C27H30NO2/c1-20-27(2,3)26-23-15-10-9-12-21(23)17-18-24(26)28(20)19-11-5-8-16-25(29)30-22-13-6-4-7-14-22/h4,6-7,9-10,12-15,17-18H,5,8,11,16,19H2,1-3H3/q+1. The minimum absolute atomic E-state index is 0.0235. The van der Waals surface area contributed by atoms with Crippen molar-refractivity contribution in [3.05, 3.63) is 72.3 Å². The van der Waals surface area contributed by atoms with Crippen LogP contribution in [0.2, 0.25) is 0 Å². The van der Waals surface area contributed by atoms with E-state index in [0.29, 0.717) is 12.2 Å². The van der Waals surface area contributed by atoms with Crippen LogP contribution in [0.15, 0.2) is 66.7 Å². The number of hydrogen-bond donors (Lipinski definition) is 0. The van der Waals surface area contributed by atoms with Crippen LogP contribution in [-0.4, -0.2) is 22.8 Å². The number of hydrogen-bond acceptors (Lipinski definition) is 2. The zero-order chi connectivity index (χ0) is 21.1. The fraction of sp³-hybridized carbons (Fsp3) is 0.333. The Hall–Kier alpha value is -2.94. The van der Waals surface area contributed by atoms with Gasteiger partial charge >= 0.3 is 5.97 Å². The van der Waals surface area contributed by atoms with Crippen molar-refractivity contribution in [3.63, 3.8) is 0 Å². The van der Waals surface area contributed by atoms with Crippen LogP contribution >= 0.6 is 0 Å². The number of nitrogens with zero attached hydrogens (tertiary/aromatic N) is 1. The summed E-state index contributed by atoms with van der Waals surface area (Å²) >= 11 is 0. The van der Waals surface area contributed by atoms with Gasteiger partial charge in [0, 0.05) is 31.4 Å². The number of unbranched alkanes of at least 4 members (excludes halogenated alkanes) is 2. The first kappa shape index (κ1) is 20.3. The van der Waals surface area contributed by atoms with Gasteiger partial charge in [0.2, 0.25) is 5.69 Å². The molecule has 0 aromatic heterocycles. The van der Waals surface area contributed by atoms with Gasteiger partial charge in [-0.05, 0) is 55.7 Å². The molecule has 0 bridgehead atoms. The molecule has 1 aliphatic rings. The Morgan fingerprint density at radius 1 is 0.900 bits per heavy atom. The molecular formula is C27H30NO2+. The first-order valence-electron chi connectivity index (χ1n) is 10.9. The fourth-order valence-electron chi connectivity index (χ4n) is 4.52. The summed E-state index contributed by atoms with van der Waals surface area (Å²) in [5.41, 5.74) is 4.19. The third-order valence-electron chi connectivity index (χ3n) is 6.37. The topological polar surface area (TPSA) is 29.3 Å². The molecule has 0 amide bonds. The molecule has 3 nitrogen and oxygen atoms in total. The molecule has 4 rings (SSSR count). The predicted octanol–water partition coefficient (Wildman–Crippen LogP) is 6.40. The first-order chi connectivity index (χ1) is 14.5. The molecule has 0 saturated heterocycles. The monoisotopic (exact) mass is 400 g/mol. The van der Waals surface area contributed by atoms with Gasteiger partial charge in [0.05, 0.1) is 5.41 Å². The van der Waals surface area contributed by atoms with E-state index in [9.17, 15) is 4.79 Å². The van der Waals surface area contributed by atoms with E-state index in [0.717, 1.165) is 25.8 Å². The molecule has 0 unspecified atom stereocenters. The lowest BCUT2D eigenvalue weighted by Gasteiger charge is -2.17. The van der Waals surface area contributed by atoms with Crippen LogP contribution in [0.4, 0.5) is 5.69 Å². The lowest BCUT2D eigenvalue weighted by Crippen LogP contribution is -2.26. The number of carbonyl (C=O) groups is 1. The molecule has 0 atom stereocenters. The number of para-hydroxylation sites is 1. The van der Waals surface area contributed by atoms with E-state index < -0.39 is 0 Å². The second-order valence-corrected chi connectivity index (χ2v) is 8.64. The van der Waals surface area contributed by atoms with E-state index >= 15 is 0 Å². The first-order valence-corrected chi connectivity index (χ1v) is 10.9. The Morgan fingerprint density at radius 3 is 2.43 bits per heavy atom. The lowest BCUT2D eigenvalue weighted by molar-refractivity contribution is -0.439. The van der Waals surface area contributed by atoms with E-state index in [-0.39, 0.29) is 11.4 Å². The SMILES string of the molecule is CC1=[N+](CCCCCC(=O)Oc2ccccc2)c2ccc3ccccc3c2C1(C)C. The van der Waals surface area contributed by atoms with Crippen LogP contribution in [0.5, 0.6) is 5.75 Å². The number of esters is 1. The molecule has 0 radical (unpaired) electrons. The third kappa shape index (κ3) is 3.89. The maximum atomic E-state index is 12.0. The Kier molecular flexibility index (Phi) is 5.72. The van der Waals surface area contributed by atoms with Crippen molar-refractivity contribution in [2.75, 3.05) is 6.54 Å². The number of benzene rings is 3. The van der Waals surface area contributed by atoms with E-state index in [2.05, 4.69) is 61.7 Å². The Labute approximate surface area is 179 Å². The molecule has 1 heterocycles. The third-order valence-corrected chi connectivity index (χ3v) is 6.37. The van der Waals surface area contributed by atoms with Gasteiger partial charge in [-0.15, -0.1) is 0 Å². The highest BCUT2D eigenvalue weighted by Gasteiger charge is 2.43. The second-order valence-electron chi connectivity index (χ2n) is 8.64. The molecule has 3 aromatic carbocycles. The number of carbonyl (C=O) groups excluding carboxylic acids is 1. The highest BCUT2D eigenvalue weighted by Crippen LogP contribution is 2.43. The van der Waals surface area contributed by atoms with Gasteiger partial charge in [-0.1, -0.05) is 42.5 Å². The number of fused-ring (bicyclic) bond motifs is 3. The minimum Gasteiger partial charge on any atom is -0.427 e. The number of rotatable bonds is 7. The molecule has 0 N–H and O–H groups in total. The summed E-state index contributed by atoms with van der Waals surface area (Å²) < 4.78 is 7.85. The van der Waals surface area contributed by atoms with Crippen LogP contribution in [0.1, 0.15) is 52.0 Å². The summed E-state index contributed by atoms with van der Waals surface area (Å²) in [5.74, 6) is 0.471. The van der Waals surface area contributed by atoms with E-state index in [1.165, 1.54) is 27.7 Å². The van der Waals surface area contributed by atoms with Gasteiger partial charge in [0.15, 0.2) is 5.71 Å². The highest BCUT2D eigenvalue weighted by molar-refractivity contribution is 6.01. The van der Waals surface area contributed by atoms with Crippen LogP contribution in [0.3, 0.4) is 0 Å². The minimum atomic E-state index is -0.150. The molecule has 30 heavy (non-hydrogen) atoms. The van der Waals surface area contributed by atoms with E-state index in [1.807, 2.05) is 30.3 Å². The van der Waals surface area contributed by atoms with Crippen LogP contribution < -0.4 is 4.74 Å². The quantitative estimate of drug-likeness (QED) is 0.199. The summed E-state index contributed by atoms with van der Waals surface area (Å²) in [6, 6.07) is 22.5. The second kappa shape index (κ2) is 8.43. The van der Waals surface area contributed by atoms with Crippen molar-refractivity contribution in [2.24, 2.45) is 0 Å². The predicted molar refractivity (Wildman–Crippen MR) is 123 cm³/mol. The van der Waals surface area contributed by atoms with Gasteiger partial charge < -0.3 is 4.74 Å².